The van der Waals surface area contributed by atoms with Crippen molar-refractivity contribution in [3.05, 3.63) is 89.2 Å². The van der Waals surface area contributed by atoms with Gasteiger partial charge in [0.15, 0.2) is 0 Å². The van der Waals surface area contributed by atoms with Gasteiger partial charge in [0.2, 0.25) is 5.95 Å². The summed E-state index contributed by atoms with van der Waals surface area (Å²) in [5.74, 6) is -0.217. The summed E-state index contributed by atoms with van der Waals surface area (Å²) in [6.45, 7) is 0. The highest BCUT2D eigenvalue weighted by molar-refractivity contribution is 5.92. The summed E-state index contributed by atoms with van der Waals surface area (Å²) < 4.78 is 0. The first kappa shape index (κ1) is 15.3. The van der Waals surface area contributed by atoms with Crippen molar-refractivity contribution >= 4 is 11.9 Å². The summed E-state index contributed by atoms with van der Waals surface area (Å²) in [7, 11) is 0. The molecule has 1 amide bonds. The highest BCUT2D eigenvalue weighted by atomic mass is 16.5. The standard InChI is InChI=1S/C19H16N4O2/c24-17(23-25)14-11-20-18(21-12-14)22-19(15-7-2-1-3-8-15)10-13-6-4-5-9-16(13)19/h1-9,11-12,25H,10H2,(H,23,24)(H,20,21,22). The highest BCUT2D eigenvalue weighted by Crippen LogP contribution is 2.45. The molecule has 0 fully saturated rings. The van der Waals surface area contributed by atoms with E-state index in [2.05, 4.69) is 39.6 Å². The number of nitrogens with zero attached hydrogens (tertiary/aromatic N) is 2. The van der Waals surface area contributed by atoms with E-state index in [1.807, 2.05) is 30.3 Å². The van der Waals surface area contributed by atoms with Gasteiger partial charge in [-0.25, -0.2) is 15.4 Å². The Hall–Kier alpha value is -3.25. The Bertz CT molecular complexity index is 912. The average Bonchev–Trinajstić information content (AvgIpc) is 2.66. The van der Waals surface area contributed by atoms with Gasteiger partial charge in [0.1, 0.15) is 0 Å². The lowest BCUT2D eigenvalue weighted by Gasteiger charge is -2.45. The molecule has 0 bridgehead atoms. The van der Waals surface area contributed by atoms with Crippen LogP contribution in [0, 0.1) is 0 Å². The lowest BCUT2D eigenvalue weighted by Crippen LogP contribution is -2.47. The minimum atomic E-state index is -0.640. The van der Waals surface area contributed by atoms with E-state index in [0.29, 0.717) is 5.95 Å². The van der Waals surface area contributed by atoms with Crippen LogP contribution in [0.5, 0.6) is 0 Å². The smallest absolute Gasteiger partial charge is 0.277 e. The predicted octanol–water partition coefficient (Wildman–Crippen LogP) is 2.51. The molecule has 0 saturated heterocycles. The van der Waals surface area contributed by atoms with Gasteiger partial charge in [-0.05, 0) is 16.7 Å². The van der Waals surface area contributed by atoms with Crippen LogP contribution in [-0.2, 0) is 12.0 Å². The van der Waals surface area contributed by atoms with E-state index in [1.165, 1.54) is 23.5 Å². The first-order valence-corrected chi connectivity index (χ1v) is 7.91. The molecule has 1 heterocycles. The van der Waals surface area contributed by atoms with Crippen LogP contribution in [0.2, 0.25) is 0 Å². The molecule has 0 aliphatic heterocycles. The van der Waals surface area contributed by atoms with Crippen molar-refractivity contribution in [1.82, 2.24) is 15.4 Å². The fourth-order valence-electron chi connectivity index (χ4n) is 3.29. The first-order valence-electron chi connectivity index (χ1n) is 7.91. The second kappa shape index (κ2) is 5.99. The fourth-order valence-corrected chi connectivity index (χ4v) is 3.29. The zero-order valence-corrected chi connectivity index (χ0v) is 13.3. The summed E-state index contributed by atoms with van der Waals surface area (Å²) in [5.41, 5.74) is 4.99. The Labute approximate surface area is 144 Å². The van der Waals surface area contributed by atoms with Gasteiger partial charge in [0, 0.05) is 18.8 Å². The maximum Gasteiger partial charge on any atom is 0.277 e. The number of benzene rings is 2. The lowest BCUT2D eigenvalue weighted by atomic mass is 9.67. The number of fused-ring (bicyclic) bond motifs is 1. The molecule has 3 aromatic rings. The van der Waals surface area contributed by atoms with Crippen LogP contribution in [0.15, 0.2) is 67.0 Å². The molecule has 0 radical (unpaired) electrons. The molecule has 1 unspecified atom stereocenters. The van der Waals surface area contributed by atoms with E-state index in [-0.39, 0.29) is 5.56 Å². The lowest BCUT2D eigenvalue weighted by molar-refractivity contribution is 0.0705. The van der Waals surface area contributed by atoms with Crippen molar-refractivity contribution in [1.29, 1.82) is 0 Å². The molecule has 4 rings (SSSR count). The van der Waals surface area contributed by atoms with E-state index >= 15 is 0 Å². The number of amides is 1. The Morgan fingerprint density at radius 3 is 2.36 bits per heavy atom. The number of rotatable bonds is 4. The van der Waals surface area contributed by atoms with Crippen LogP contribution < -0.4 is 10.8 Å². The second-order valence-corrected chi connectivity index (χ2v) is 5.97. The van der Waals surface area contributed by atoms with Crippen molar-refractivity contribution in [3.63, 3.8) is 0 Å². The first-order chi connectivity index (χ1) is 12.2. The molecule has 6 nitrogen and oxygen atoms in total. The highest BCUT2D eigenvalue weighted by Gasteiger charge is 2.44. The van der Waals surface area contributed by atoms with E-state index in [4.69, 9.17) is 5.21 Å². The molecule has 0 spiro atoms. The Morgan fingerprint density at radius 1 is 1.00 bits per heavy atom. The molecule has 1 aromatic heterocycles. The minimum absolute atomic E-state index is 0.191. The number of hydrogen-bond acceptors (Lipinski definition) is 5. The normalized spacial score (nSPS) is 18.0. The zero-order chi connectivity index (χ0) is 17.3. The summed E-state index contributed by atoms with van der Waals surface area (Å²) >= 11 is 0. The zero-order valence-electron chi connectivity index (χ0n) is 13.3. The number of aromatic nitrogens is 2. The van der Waals surface area contributed by atoms with Gasteiger partial charge < -0.3 is 5.32 Å². The number of hydrogen-bond donors (Lipinski definition) is 3. The van der Waals surface area contributed by atoms with Gasteiger partial charge in [-0.2, -0.15) is 0 Å². The van der Waals surface area contributed by atoms with Crippen molar-refractivity contribution in [2.24, 2.45) is 0 Å². The topological polar surface area (TPSA) is 87.1 Å². The summed E-state index contributed by atoms with van der Waals surface area (Å²) in [6.07, 6.45) is 3.59. The molecule has 1 aliphatic carbocycles. The van der Waals surface area contributed by atoms with E-state index in [1.54, 1.807) is 5.48 Å². The van der Waals surface area contributed by atoms with Crippen molar-refractivity contribution in [2.45, 2.75) is 12.0 Å². The van der Waals surface area contributed by atoms with Crippen LogP contribution >= 0.6 is 0 Å². The molecular weight excluding hydrogens is 316 g/mol. The van der Waals surface area contributed by atoms with Gasteiger partial charge in [-0.1, -0.05) is 54.6 Å². The van der Waals surface area contributed by atoms with E-state index < -0.39 is 11.4 Å². The van der Waals surface area contributed by atoms with Gasteiger partial charge in [-0.15, -0.1) is 0 Å². The van der Waals surface area contributed by atoms with Crippen molar-refractivity contribution in [2.75, 3.05) is 5.32 Å². The van der Waals surface area contributed by atoms with Crippen LogP contribution in [0.3, 0.4) is 0 Å². The minimum Gasteiger partial charge on any atom is -0.340 e. The third-order valence-corrected chi connectivity index (χ3v) is 4.54. The van der Waals surface area contributed by atoms with Gasteiger partial charge >= 0.3 is 0 Å². The maximum absolute atomic E-state index is 11.4. The molecule has 25 heavy (non-hydrogen) atoms. The predicted molar refractivity (Wildman–Crippen MR) is 92.3 cm³/mol. The maximum atomic E-state index is 11.4. The van der Waals surface area contributed by atoms with E-state index in [0.717, 1.165) is 12.0 Å². The molecule has 3 N–H and O–H groups in total. The molecule has 0 saturated carbocycles. The van der Waals surface area contributed by atoms with Crippen LogP contribution in [0.1, 0.15) is 27.0 Å². The van der Waals surface area contributed by atoms with Gasteiger partial charge in [0.05, 0.1) is 11.1 Å². The van der Waals surface area contributed by atoms with Crippen LogP contribution in [0.4, 0.5) is 5.95 Å². The molecule has 124 valence electrons. The largest absolute Gasteiger partial charge is 0.340 e. The molecule has 1 aliphatic rings. The third-order valence-electron chi connectivity index (χ3n) is 4.54. The van der Waals surface area contributed by atoms with Crippen molar-refractivity contribution < 1.29 is 10.0 Å². The Balaban J connectivity index is 1.71. The number of carbonyl (C=O) groups excluding carboxylic acids is 1. The SMILES string of the molecule is O=C(NO)c1cnc(NC2(c3ccccc3)Cc3ccccc32)nc1. The van der Waals surface area contributed by atoms with Crippen molar-refractivity contribution in [3.8, 4) is 0 Å². The number of anilines is 1. The van der Waals surface area contributed by atoms with Crippen LogP contribution in [0.25, 0.3) is 0 Å². The summed E-state index contributed by atoms with van der Waals surface area (Å²) in [6, 6.07) is 18.4. The Kier molecular flexibility index (Phi) is 3.66. The number of hydroxylamine groups is 1. The molecule has 6 heteroatoms. The molecule has 2 aromatic carbocycles. The monoisotopic (exact) mass is 332 g/mol. The quantitative estimate of drug-likeness (QED) is 0.505. The average molecular weight is 332 g/mol. The second-order valence-electron chi connectivity index (χ2n) is 5.97. The van der Waals surface area contributed by atoms with Crippen LogP contribution in [-0.4, -0.2) is 21.1 Å². The summed E-state index contributed by atoms with van der Waals surface area (Å²) in [5, 5.41) is 12.1. The molecular formula is C19H16N4O2. The molecule has 1 atom stereocenters. The number of carbonyl (C=O) groups is 1. The van der Waals surface area contributed by atoms with Gasteiger partial charge in [-0.3, -0.25) is 10.0 Å². The fraction of sp³-hybridized carbons (Fsp3) is 0.105. The number of nitrogens with one attached hydrogen (secondary N) is 2. The Morgan fingerprint density at radius 2 is 1.68 bits per heavy atom. The van der Waals surface area contributed by atoms with E-state index in [9.17, 15) is 4.79 Å². The summed E-state index contributed by atoms with van der Waals surface area (Å²) in [4.78, 5) is 19.8. The third kappa shape index (κ3) is 2.53. The van der Waals surface area contributed by atoms with Gasteiger partial charge in [0.25, 0.3) is 5.91 Å².